The fraction of sp³-hybridized carbons (Fsp3) is 0.833. The van der Waals surface area contributed by atoms with Crippen molar-refractivity contribution in [3.8, 4) is 0 Å². The van der Waals surface area contributed by atoms with E-state index in [0.717, 1.165) is 6.42 Å². The maximum atomic E-state index is 13.5. The SMILES string of the molecule is CC(C)(C)[C@H](NC(=O)C(F)(F)F)C(=O)N1C[C@H]2[C@@H]([C@H]1C(=O)N[C@H](C=O)C[C@@H]1CCCNC1O)C2(C)C. The van der Waals surface area contributed by atoms with Crippen LogP contribution in [0, 0.1) is 28.6 Å². The third-order valence-electron chi connectivity index (χ3n) is 8.01. The second-order valence-corrected chi connectivity index (χ2v) is 11.9. The van der Waals surface area contributed by atoms with E-state index in [-0.39, 0.29) is 36.1 Å². The van der Waals surface area contributed by atoms with E-state index < -0.39 is 53.7 Å². The fourth-order valence-electron chi connectivity index (χ4n) is 5.77. The number of halogens is 3. The Hall–Kier alpha value is -2.21. The Morgan fingerprint density at radius 1 is 1.19 bits per heavy atom. The van der Waals surface area contributed by atoms with E-state index in [1.54, 1.807) is 0 Å². The van der Waals surface area contributed by atoms with Crippen LogP contribution in [-0.4, -0.2) is 77.6 Å². The molecule has 4 N–H and O–H groups in total. The lowest BCUT2D eigenvalue weighted by Gasteiger charge is -2.38. The fourth-order valence-corrected chi connectivity index (χ4v) is 5.77. The average molecular weight is 519 g/mol. The van der Waals surface area contributed by atoms with Crippen molar-refractivity contribution in [2.75, 3.05) is 13.1 Å². The number of rotatable bonds is 7. The number of fused-ring (bicyclic) bond motifs is 1. The second-order valence-electron chi connectivity index (χ2n) is 11.9. The zero-order valence-electron chi connectivity index (χ0n) is 21.3. The minimum absolute atomic E-state index is 0.0322. The number of carbonyl (C=O) groups is 4. The third kappa shape index (κ3) is 5.69. The molecule has 36 heavy (non-hydrogen) atoms. The summed E-state index contributed by atoms with van der Waals surface area (Å²) < 4.78 is 38.9. The summed E-state index contributed by atoms with van der Waals surface area (Å²) in [6.45, 7) is 9.35. The molecule has 0 radical (unpaired) electrons. The first kappa shape index (κ1) is 28.4. The largest absolute Gasteiger partial charge is 0.471 e. The number of aliphatic hydroxyl groups excluding tert-OH is 1. The van der Waals surface area contributed by atoms with Crippen LogP contribution in [0.1, 0.15) is 53.9 Å². The van der Waals surface area contributed by atoms with Gasteiger partial charge in [0.1, 0.15) is 24.6 Å². The summed E-state index contributed by atoms with van der Waals surface area (Å²) >= 11 is 0. The van der Waals surface area contributed by atoms with Crippen LogP contribution in [0.4, 0.5) is 13.2 Å². The van der Waals surface area contributed by atoms with Crippen LogP contribution in [-0.2, 0) is 19.2 Å². The molecule has 2 heterocycles. The van der Waals surface area contributed by atoms with Gasteiger partial charge in [-0.3, -0.25) is 19.7 Å². The number of alkyl halides is 3. The summed E-state index contributed by atoms with van der Waals surface area (Å²) in [6.07, 6.45) is -3.63. The van der Waals surface area contributed by atoms with Crippen LogP contribution in [0.2, 0.25) is 0 Å². The normalized spacial score (nSPS) is 31.1. The molecule has 9 nitrogen and oxygen atoms in total. The van der Waals surface area contributed by atoms with Crippen molar-refractivity contribution in [2.45, 2.75) is 84.4 Å². The van der Waals surface area contributed by atoms with Gasteiger partial charge in [0.15, 0.2) is 0 Å². The van der Waals surface area contributed by atoms with Crippen LogP contribution < -0.4 is 16.0 Å². The highest BCUT2D eigenvalue weighted by Crippen LogP contribution is 2.65. The van der Waals surface area contributed by atoms with Crippen molar-refractivity contribution in [1.82, 2.24) is 20.9 Å². The van der Waals surface area contributed by atoms with Crippen LogP contribution in [0.5, 0.6) is 0 Å². The zero-order valence-corrected chi connectivity index (χ0v) is 21.3. The molecule has 0 aromatic rings. The second kappa shape index (κ2) is 9.92. The van der Waals surface area contributed by atoms with Gasteiger partial charge in [-0.2, -0.15) is 13.2 Å². The molecule has 0 aromatic heterocycles. The molecular formula is C24H37F3N4O5. The number of hydrogen-bond donors (Lipinski definition) is 4. The highest BCUT2D eigenvalue weighted by atomic mass is 19.4. The lowest BCUT2D eigenvalue weighted by Crippen LogP contribution is -2.61. The topological polar surface area (TPSA) is 128 Å². The average Bonchev–Trinajstić information content (AvgIpc) is 3.09. The van der Waals surface area contributed by atoms with Gasteiger partial charge < -0.3 is 25.4 Å². The molecule has 3 aliphatic rings. The van der Waals surface area contributed by atoms with Crippen LogP contribution in [0.15, 0.2) is 0 Å². The molecule has 1 unspecified atom stereocenters. The number of nitrogens with one attached hydrogen (secondary N) is 3. The molecule has 7 atom stereocenters. The standard InChI is InChI=1S/C24H37F3N4O5/c1-22(2,3)17(30-21(36)24(25,26)27)20(35)31-10-14-15(23(14,4)5)16(31)19(34)29-13(11-32)9-12-7-6-8-28-18(12)33/h11-18,28,33H,6-10H2,1-5H3,(H,29,34)(H,30,36)/t12-,13-,14-,15-,16-,17+,18?/m0/s1. The van der Waals surface area contributed by atoms with Gasteiger partial charge in [0.2, 0.25) is 11.8 Å². The first-order valence-corrected chi connectivity index (χ1v) is 12.4. The summed E-state index contributed by atoms with van der Waals surface area (Å²) in [5, 5.41) is 17.6. The van der Waals surface area contributed by atoms with Gasteiger partial charge in [-0.25, -0.2) is 0 Å². The summed E-state index contributed by atoms with van der Waals surface area (Å²) in [5.41, 5.74) is -1.32. The Bertz CT molecular complexity index is 888. The molecule has 12 heteroatoms. The number of likely N-dealkylation sites (tertiary alicyclic amines) is 1. The summed E-state index contributed by atoms with van der Waals surface area (Å²) in [6, 6.07) is -3.38. The predicted octanol–water partition coefficient (Wildman–Crippen LogP) is 0.954. The highest BCUT2D eigenvalue weighted by molar-refractivity contribution is 5.95. The molecule has 2 saturated heterocycles. The Morgan fingerprint density at radius 2 is 1.83 bits per heavy atom. The molecule has 3 rings (SSSR count). The minimum Gasteiger partial charge on any atom is -0.378 e. The van der Waals surface area contributed by atoms with Gasteiger partial charge in [0.05, 0.1) is 6.04 Å². The molecule has 0 bridgehead atoms. The lowest BCUT2D eigenvalue weighted by molar-refractivity contribution is -0.176. The van der Waals surface area contributed by atoms with Crippen LogP contribution in [0.25, 0.3) is 0 Å². The number of aliphatic hydroxyl groups is 1. The van der Waals surface area contributed by atoms with E-state index in [9.17, 15) is 37.5 Å². The summed E-state index contributed by atoms with van der Waals surface area (Å²) in [4.78, 5) is 51.6. The number of piperidine rings is 2. The molecule has 3 fully saturated rings. The monoisotopic (exact) mass is 518 g/mol. The van der Waals surface area contributed by atoms with E-state index in [1.807, 2.05) is 19.2 Å². The summed E-state index contributed by atoms with van der Waals surface area (Å²) in [7, 11) is 0. The first-order valence-electron chi connectivity index (χ1n) is 12.4. The number of amides is 3. The lowest BCUT2D eigenvalue weighted by atomic mass is 9.85. The highest BCUT2D eigenvalue weighted by Gasteiger charge is 2.70. The Labute approximate surface area is 208 Å². The van der Waals surface area contributed by atoms with Crippen molar-refractivity contribution in [3.63, 3.8) is 0 Å². The van der Waals surface area contributed by atoms with Crippen molar-refractivity contribution in [2.24, 2.45) is 28.6 Å². The number of carbonyl (C=O) groups excluding carboxylic acids is 4. The molecule has 3 amide bonds. The van der Waals surface area contributed by atoms with E-state index in [0.29, 0.717) is 19.3 Å². The Kier molecular flexibility index (Phi) is 7.82. The van der Waals surface area contributed by atoms with Crippen molar-refractivity contribution in [1.29, 1.82) is 0 Å². The first-order chi connectivity index (χ1) is 16.5. The van der Waals surface area contributed by atoms with E-state index in [1.165, 1.54) is 25.7 Å². The van der Waals surface area contributed by atoms with Crippen molar-refractivity contribution < 1.29 is 37.5 Å². The summed E-state index contributed by atoms with van der Waals surface area (Å²) in [5.74, 6) is -4.04. The minimum atomic E-state index is -5.16. The molecule has 0 spiro atoms. The van der Waals surface area contributed by atoms with E-state index in [2.05, 4.69) is 10.6 Å². The van der Waals surface area contributed by atoms with Gasteiger partial charge in [0, 0.05) is 12.5 Å². The number of aldehydes is 1. The number of hydrogen-bond acceptors (Lipinski definition) is 6. The molecule has 2 aliphatic heterocycles. The molecule has 1 saturated carbocycles. The van der Waals surface area contributed by atoms with Gasteiger partial charge in [-0.1, -0.05) is 34.6 Å². The number of nitrogens with zero attached hydrogens (tertiary/aromatic N) is 1. The maximum absolute atomic E-state index is 13.5. The smallest absolute Gasteiger partial charge is 0.378 e. The van der Waals surface area contributed by atoms with Crippen LogP contribution in [0.3, 0.4) is 0 Å². The van der Waals surface area contributed by atoms with Gasteiger partial charge >= 0.3 is 12.1 Å². The zero-order chi connectivity index (χ0) is 27.2. The van der Waals surface area contributed by atoms with Gasteiger partial charge in [-0.05, 0) is 48.5 Å². The van der Waals surface area contributed by atoms with Crippen molar-refractivity contribution >= 4 is 24.0 Å². The van der Waals surface area contributed by atoms with Crippen molar-refractivity contribution in [3.05, 3.63) is 0 Å². The third-order valence-corrected chi connectivity index (χ3v) is 8.01. The van der Waals surface area contributed by atoms with Crippen LogP contribution >= 0.6 is 0 Å². The molecule has 1 aliphatic carbocycles. The van der Waals surface area contributed by atoms with E-state index in [4.69, 9.17) is 0 Å². The van der Waals surface area contributed by atoms with E-state index >= 15 is 0 Å². The quantitative estimate of drug-likeness (QED) is 0.372. The van der Waals surface area contributed by atoms with Gasteiger partial charge in [0.25, 0.3) is 0 Å². The Morgan fingerprint density at radius 3 is 2.36 bits per heavy atom. The van der Waals surface area contributed by atoms with Gasteiger partial charge in [-0.15, -0.1) is 0 Å². The maximum Gasteiger partial charge on any atom is 0.471 e. The predicted molar refractivity (Wildman–Crippen MR) is 123 cm³/mol. The molecule has 204 valence electrons. The molecule has 0 aromatic carbocycles. The molecular weight excluding hydrogens is 481 g/mol. The Balaban J connectivity index is 1.79.